The Morgan fingerprint density at radius 2 is 1.65 bits per heavy atom. The van der Waals surface area contributed by atoms with Gasteiger partial charge >= 0.3 is 0 Å². The molecule has 3 rings (SSSR count). The van der Waals surface area contributed by atoms with Gasteiger partial charge in [0.1, 0.15) is 0 Å². The minimum absolute atomic E-state index is 0.0569. The van der Waals surface area contributed by atoms with Crippen LogP contribution in [0.3, 0.4) is 0 Å². The summed E-state index contributed by atoms with van der Waals surface area (Å²) in [6.45, 7) is 10.4. The van der Waals surface area contributed by atoms with Crippen molar-refractivity contribution in [2.45, 2.75) is 58.4 Å². The number of hydrogen-bond donors (Lipinski definition) is 1. The van der Waals surface area contributed by atoms with Crippen LogP contribution in [0.25, 0.3) is 5.69 Å². The van der Waals surface area contributed by atoms with Crippen LogP contribution in [0, 0.1) is 13.8 Å². The monoisotopic (exact) mass is 482 g/mol. The van der Waals surface area contributed by atoms with Crippen LogP contribution in [0.5, 0.6) is 0 Å². The molecule has 0 fully saturated rings. The van der Waals surface area contributed by atoms with Gasteiger partial charge in [0.15, 0.2) is 0 Å². The van der Waals surface area contributed by atoms with E-state index < -0.39 is 10.0 Å². The number of benzene rings is 2. The van der Waals surface area contributed by atoms with E-state index in [2.05, 4.69) is 10.4 Å². The normalized spacial score (nSPS) is 12.6. The molecule has 7 nitrogen and oxygen atoms in total. The number of sulfonamides is 1. The Kier molecular flexibility index (Phi) is 8.28. The molecule has 0 bridgehead atoms. The number of aryl methyl sites for hydroxylation is 1. The van der Waals surface area contributed by atoms with Gasteiger partial charge in [0, 0.05) is 25.2 Å². The molecule has 1 amide bonds. The van der Waals surface area contributed by atoms with Crippen molar-refractivity contribution in [2.75, 3.05) is 13.1 Å². The number of rotatable bonds is 10. The van der Waals surface area contributed by atoms with Gasteiger partial charge in [-0.1, -0.05) is 44.2 Å². The molecule has 1 heterocycles. The fourth-order valence-electron chi connectivity index (χ4n) is 4.13. The summed E-state index contributed by atoms with van der Waals surface area (Å²) in [4.78, 5) is 12.9. The summed E-state index contributed by atoms with van der Waals surface area (Å²) in [5.41, 5.74) is 4.90. The molecule has 0 aliphatic carbocycles. The van der Waals surface area contributed by atoms with Crippen LogP contribution < -0.4 is 5.32 Å². The lowest BCUT2D eigenvalue weighted by atomic mass is 10.1. The molecule has 0 aliphatic rings. The van der Waals surface area contributed by atoms with E-state index in [4.69, 9.17) is 0 Å². The summed E-state index contributed by atoms with van der Waals surface area (Å²) >= 11 is 0. The molecule has 0 saturated carbocycles. The highest BCUT2D eigenvalue weighted by molar-refractivity contribution is 7.89. The number of aromatic nitrogens is 2. The van der Waals surface area contributed by atoms with Crippen molar-refractivity contribution in [1.29, 1.82) is 0 Å². The van der Waals surface area contributed by atoms with Gasteiger partial charge in [-0.3, -0.25) is 4.79 Å². The Hall–Kier alpha value is -2.97. The predicted octanol–water partition coefficient (Wildman–Crippen LogP) is 4.33. The van der Waals surface area contributed by atoms with Crippen LogP contribution in [-0.4, -0.2) is 41.5 Å². The van der Waals surface area contributed by atoms with Gasteiger partial charge in [-0.15, -0.1) is 0 Å². The fraction of sp³-hybridized carbons (Fsp3) is 0.385. The highest BCUT2D eigenvalue weighted by Crippen LogP contribution is 2.21. The molecule has 1 aromatic heterocycles. The smallest absolute Gasteiger partial charge is 0.243 e. The Balaban J connectivity index is 1.62. The van der Waals surface area contributed by atoms with Gasteiger partial charge in [-0.05, 0) is 62.6 Å². The van der Waals surface area contributed by atoms with E-state index >= 15 is 0 Å². The third-order valence-corrected chi connectivity index (χ3v) is 8.21. The standard InChI is InChI=1S/C26H34N4O3S/c1-6-29(7-2)34(32,33)24-15-13-22(14-16-24)19(3)27-26(31)18-17-25-20(4)28-30(21(25)5)23-11-9-8-10-12-23/h8-16,19H,6-7,17-18H2,1-5H3,(H,27,31)/t19-/m0/s1. The lowest BCUT2D eigenvalue weighted by molar-refractivity contribution is -0.121. The van der Waals surface area contributed by atoms with E-state index in [1.165, 1.54) is 4.31 Å². The van der Waals surface area contributed by atoms with Crippen molar-refractivity contribution in [3.8, 4) is 5.69 Å². The molecule has 1 N–H and O–H groups in total. The Labute approximate surface area is 202 Å². The van der Waals surface area contributed by atoms with Crippen LogP contribution in [0.1, 0.15) is 55.7 Å². The van der Waals surface area contributed by atoms with E-state index in [-0.39, 0.29) is 16.8 Å². The first kappa shape index (κ1) is 25.6. The van der Waals surface area contributed by atoms with Crippen molar-refractivity contribution < 1.29 is 13.2 Å². The molecule has 0 radical (unpaired) electrons. The highest BCUT2D eigenvalue weighted by atomic mass is 32.2. The zero-order chi connectivity index (χ0) is 24.9. The first-order valence-corrected chi connectivity index (χ1v) is 13.1. The van der Waals surface area contributed by atoms with Crippen molar-refractivity contribution in [3.63, 3.8) is 0 Å². The van der Waals surface area contributed by atoms with Crippen LogP contribution >= 0.6 is 0 Å². The van der Waals surface area contributed by atoms with Crippen LogP contribution in [0.4, 0.5) is 0 Å². The molecule has 0 saturated heterocycles. The lowest BCUT2D eigenvalue weighted by Crippen LogP contribution is -2.30. The molecule has 34 heavy (non-hydrogen) atoms. The van der Waals surface area contributed by atoms with E-state index in [0.717, 1.165) is 28.2 Å². The average Bonchev–Trinajstić information content (AvgIpc) is 3.12. The second-order valence-corrected chi connectivity index (χ2v) is 10.3. The van der Waals surface area contributed by atoms with Crippen molar-refractivity contribution >= 4 is 15.9 Å². The van der Waals surface area contributed by atoms with E-state index in [1.54, 1.807) is 24.3 Å². The molecule has 3 aromatic rings. The summed E-state index contributed by atoms with van der Waals surface area (Å²) in [7, 11) is -3.49. The maximum atomic E-state index is 12.7. The average molecular weight is 483 g/mol. The van der Waals surface area contributed by atoms with Gasteiger partial charge in [-0.2, -0.15) is 9.40 Å². The maximum Gasteiger partial charge on any atom is 0.243 e. The summed E-state index contributed by atoms with van der Waals surface area (Å²) in [6.07, 6.45) is 0.949. The Morgan fingerprint density at radius 3 is 2.24 bits per heavy atom. The first-order chi connectivity index (χ1) is 16.2. The number of hydrogen-bond acceptors (Lipinski definition) is 4. The van der Waals surface area contributed by atoms with E-state index in [9.17, 15) is 13.2 Å². The van der Waals surface area contributed by atoms with Crippen LogP contribution in [0.15, 0.2) is 59.5 Å². The molecule has 0 spiro atoms. The predicted molar refractivity (Wildman–Crippen MR) is 134 cm³/mol. The number of nitrogens with zero attached hydrogens (tertiary/aromatic N) is 3. The summed E-state index contributed by atoms with van der Waals surface area (Å²) in [5.74, 6) is -0.0569. The largest absolute Gasteiger partial charge is 0.350 e. The number of para-hydroxylation sites is 1. The first-order valence-electron chi connectivity index (χ1n) is 11.7. The molecule has 2 aromatic carbocycles. The number of carbonyl (C=O) groups is 1. The number of nitrogens with one attached hydrogen (secondary N) is 1. The van der Waals surface area contributed by atoms with Gasteiger partial charge < -0.3 is 5.32 Å². The maximum absolute atomic E-state index is 12.7. The summed E-state index contributed by atoms with van der Waals surface area (Å²) in [5, 5.41) is 7.67. The molecule has 8 heteroatoms. The Morgan fingerprint density at radius 1 is 1.03 bits per heavy atom. The zero-order valence-electron chi connectivity index (χ0n) is 20.6. The van der Waals surface area contributed by atoms with Gasteiger partial charge in [-0.25, -0.2) is 13.1 Å². The minimum atomic E-state index is -3.49. The van der Waals surface area contributed by atoms with Gasteiger partial charge in [0.05, 0.1) is 22.3 Å². The lowest BCUT2D eigenvalue weighted by Gasteiger charge is -2.19. The van der Waals surface area contributed by atoms with Crippen molar-refractivity contribution in [1.82, 2.24) is 19.4 Å². The van der Waals surface area contributed by atoms with E-state index in [0.29, 0.717) is 25.9 Å². The van der Waals surface area contributed by atoms with Crippen molar-refractivity contribution in [2.24, 2.45) is 0 Å². The molecule has 182 valence electrons. The molecule has 0 aliphatic heterocycles. The highest BCUT2D eigenvalue weighted by Gasteiger charge is 2.22. The molecular formula is C26H34N4O3S. The topological polar surface area (TPSA) is 84.3 Å². The minimum Gasteiger partial charge on any atom is -0.350 e. The Bertz CT molecular complexity index is 1210. The van der Waals surface area contributed by atoms with Gasteiger partial charge in [0.2, 0.25) is 15.9 Å². The summed E-state index contributed by atoms with van der Waals surface area (Å²) in [6, 6.07) is 16.5. The van der Waals surface area contributed by atoms with Gasteiger partial charge in [0.25, 0.3) is 0 Å². The van der Waals surface area contributed by atoms with Crippen LogP contribution in [0.2, 0.25) is 0 Å². The number of amides is 1. The molecule has 1 atom stereocenters. The van der Waals surface area contributed by atoms with Crippen LogP contribution in [-0.2, 0) is 21.2 Å². The fourth-order valence-corrected chi connectivity index (χ4v) is 5.59. The quantitative estimate of drug-likeness (QED) is 0.466. The zero-order valence-corrected chi connectivity index (χ0v) is 21.4. The second kappa shape index (κ2) is 11.0. The summed E-state index contributed by atoms with van der Waals surface area (Å²) < 4.78 is 28.7. The second-order valence-electron chi connectivity index (χ2n) is 8.34. The third-order valence-electron chi connectivity index (χ3n) is 6.14. The molecule has 0 unspecified atom stereocenters. The third kappa shape index (κ3) is 5.56. The molecular weight excluding hydrogens is 448 g/mol. The SMILES string of the molecule is CCN(CC)S(=O)(=O)c1ccc([C@H](C)NC(=O)CCc2c(C)nn(-c3ccccc3)c2C)cc1. The number of carbonyl (C=O) groups excluding carboxylic acids is 1. The van der Waals surface area contributed by atoms with Crippen molar-refractivity contribution in [3.05, 3.63) is 77.1 Å². The van der Waals surface area contributed by atoms with E-state index in [1.807, 2.05) is 69.6 Å².